The van der Waals surface area contributed by atoms with Gasteiger partial charge < -0.3 is 10.2 Å². The van der Waals surface area contributed by atoms with E-state index in [-0.39, 0.29) is 13.0 Å². The molecule has 1 aromatic rings. The summed E-state index contributed by atoms with van der Waals surface area (Å²) in [7, 11) is 0. The molecule has 0 spiro atoms. The van der Waals surface area contributed by atoms with Gasteiger partial charge in [-0.1, -0.05) is 18.2 Å². The van der Waals surface area contributed by atoms with E-state index in [0.29, 0.717) is 17.0 Å². The molecule has 1 saturated heterocycles. The quantitative estimate of drug-likeness (QED) is 0.906. The first-order valence-electron chi connectivity index (χ1n) is 6.13. The van der Waals surface area contributed by atoms with Crippen molar-refractivity contribution in [1.29, 1.82) is 0 Å². The monoisotopic (exact) mass is 286 g/mol. The fourth-order valence-electron chi connectivity index (χ4n) is 2.19. The molecular formula is C13H13F3N2O2. The third kappa shape index (κ3) is 3.09. The smallest absolute Gasteiger partial charge is 0.324 e. The van der Waals surface area contributed by atoms with Gasteiger partial charge in [0, 0.05) is 12.2 Å². The number of halogens is 3. The van der Waals surface area contributed by atoms with Crippen LogP contribution >= 0.6 is 0 Å². The molecule has 1 heterocycles. The van der Waals surface area contributed by atoms with Crippen molar-refractivity contribution in [2.45, 2.75) is 25.1 Å². The number of carbonyl (C=O) groups excluding carboxylic acids is 2. The third-order valence-electron chi connectivity index (χ3n) is 3.10. The number of para-hydroxylation sites is 1. The predicted octanol–water partition coefficient (Wildman–Crippen LogP) is 2.18. The van der Waals surface area contributed by atoms with Crippen molar-refractivity contribution >= 4 is 17.5 Å². The van der Waals surface area contributed by atoms with Gasteiger partial charge in [-0.05, 0) is 25.0 Å². The van der Waals surface area contributed by atoms with Gasteiger partial charge in [0.25, 0.3) is 0 Å². The van der Waals surface area contributed by atoms with Crippen molar-refractivity contribution in [2.75, 3.05) is 11.9 Å². The van der Waals surface area contributed by atoms with Crippen molar-refractivity contribution in [2.24, 2.45) is 0 Å². The number of hydrogen-bond donors (Lipinski definition) is 1. The molecule has 7 heteroatoms. The van der Waals surface area contributed by atoms with Crippen LogP contribution in [0.5, 0.6) is 0 Å². The molecule has 2 amide bonds. The molecule has 1 atom stereocenters. The van der Waals surface area contributed by atoms with Crippen LogP contribution in [0.2, 0.25) is 0 Å². The Morgan fingerprint density at radius 1 is 1.20 bits per heavy atom. The summed E-state index contributed by atoms with van der Waals surface area (Å²) in [5.41, 5.74) is 0.490. The average molecular weight is 286 g/mol. The Bertz CT molecular complexity index is 502. The van der Waals surface area contributed by atoms with E-state index in [4.69, 9.17) is 0 Å². The fourth-order valence-corrected chi connectivity index (χ4v) is 2.19. The fraction of sp³-hybridized carbons (Fsp3) is 0.385. The summed E-state index contributed by atoms with van der Waals surface area (Å²) >= 11 is 0. The number of likely N-dealkylation sites (tertiary alicyclic amines) is 1. The summed E-state index contributed by atoms with van der Waals surface area (Å²) < 4.78 is 37.3. The van der Waals surface area contributed by atoms with E-state index >= 15 is 0 Å². The van der Waals surface area contributed by atoms with Gasteiger partial charge in [0.2, 0.25) is 5.91 Å². The number of anilines is 1. The maximum Gasteiger partial charge on any atom is 0.471 e. The van der Waals surface area contributed by atoms with Crippen LogP contribution < -0.4 is 5.32 Å². The molecule has 4 nitrogen and oxygen atoms in total. The number of hydrogen-bond acceptors (Lipinski definition) is 2. The van der Waals surface area contributed by atoms with E-state index in [1.165, 1.54) is 0 Å². The van der Waals surface area contributed by atoms with Gasteiger partial charge in [-0.15, -0.1) is 0 Å². The van der Waals surface area contributed by atoms with Crippen molar-refractivity contribution in [1.82, 2.24) is 4.90 Å². The Balaban J connectivity index is 2.07. The minimum absolute atomic E-state index is 0.0504. The molecule has 0 aliphatic carbocycles. The zero-order chi connectivity index (χ0) is 14.8. The van der Waals surface area contributed by atoms with Crippen LogP contribution in [0, 0.1) is 0 Å². The summed E-state index contributed by atoms with van der Waals surface area (Å²) in [5.74, 6) is -2.55. The second kappa shape index (κ2) is 5.52. The SMILES string of the molecule is O=C(Nc1ccccc1)C1CCCN1C(=O)C(F)(F)F. The van der Waals surface area contributed by atoms with Crippen LogP contribution in [0.3, 0.4) is 0 Å². The largest absolute Gasteiger partial charge is 0.471 e. The van der Waals surface area contributed by atoms with Crippen LogP contribution in [-0.4, -0.2) is 35.5 Å². The number of amides is 2. The lowest BCUT2D eigenvalue weighted by atomic mass is 10.2. The summed E-state index contributed by atoms with van der Waals surface area (Å²) in [6, 6.07) is 7.34. The van der Waals surface area contributed by atoms with Crippen LogP contribution in [0.4, 0.5) is 18.9 Å². The van der Waals surface area contributed by atoms with Crippen LogP contribution in [0.1, 0.15) is 12.8 Å². The van der Waals surface area contributed by atoms with Crippen molar-refractivity contribution in [3.63, 3.8) is 0 Å². The van der Waals surface area contributed by atoms with E-state index in [2.05, 4.69) is 5.32 Å². The minimum Gasteiger partial charge on any atom is -0.324 e. The van der Waals surface area contributed by atoms with Crippen molar-refractivity contribution in [3.8, 4) is 0 Å². The lowest BCUT2D eigenvalue weighted by molar-refractivity contribution is -0.186. The average Bonchev–Trinajstić information content (AvgIpc) is 2.87. The molecule has 2 rings (SSSR count). The Morgan fingerprint density at radius 2 is 1.85 bits per heavy atom. The van der Waals surface area contributed by atoms with Gasteiger partial charge >= 0.3 is 12.1 Å². The van der Waals surface area contributed by atoms with Gasteiger partial charge in [0.1, 0.15) is 6.04 Å². The molecule has 1 aliphatic heterocycles. The molecule has 20 heavy (non-hydrogen) atoms. The summed E-state index contributed by atoms with van der Waals surface area (Å²) in [4.78, 5) is 23.8. The first kappa shape index (κ1) is 14.4. The standard InChI is InChI=1S/C13H13F3N2O2/c14-13(15,16)12(20)18-8-4-7-10(18)11(19)17-9-5-2-1-3-6-9/h1-3,5-6,10H,4,7-8H2,(H,17,19). The second-order valence-corrected chi connectivity index (χ2v) is 4.51. The van der Waals surface area contributed by atoms with Gasteiger partial charge in [-0.25, -0.2) is 0 Å². The van der Waals surface area contributed by atoms with Gasteiger partial charge in [-0.3, -0.25) is 9.59 Å². The predicted molar refractivity (Wildman–Crippen MR) is 65.9 cm³/mol. The number of rotatable bonds is 2. The van der Waals surface area contributed by atoms with E-state index in [1.807, 2.05) is 0 Å². The minimum atomic E-state index is -4.95. The molecule has 1 unspecified atom stereocenters. The molecule has 0 radical (unpaired) electrons. The van der Waals surface area contributed by atoms with E-state index in [1.54, 1.807) is 30.3 Å². The maximum absolute atomic E-state index is 12.4. The van der Waals surface area contributed by atoms with Crippen molar-refractivity contribution in [3.05, 3.63) is 30.3 Å². The van der Waals surface area contributed by atoms with Crippen LogP contribution in [0.15, 0.2) is 30.3 Å². The molecule has 1 aromatic carbocycles. The van der Waals surface area contributed by atoms with E-state index in [0.717, 1.165) is 0 Å². The highest BCUT2D eigenvalue weighted by molar-refractivity contribution is 5.98. The molecule has 0 bridgehead atoms. The van der Waals surface area contributed by atoms with Gasteiger partial charge in [0.05, 0.1) is 0 Å². The first-order chi connectivity index (χ1) is 9.39. The third-order valence-corrected chi connectivity index (χ3v) is 3.10. The van der Waals surface area contributed by atoms with Crippen LogP contribution in [0.25, 0.3) is 0 Å². The number of alkyl halides is 3. The van der Waals surface area contributed by atoms with E-state index < -0.39 is 24.0 Å². The van der Waals surface area contributed by atoms with E-state index in [9.17, 15) is 22.8 Å². The summed E-state index contributed by atoms with van der Waals surface area (Å²) in [6.07, 6.45) is -4.33. The van der Waals surface area contributed by atoms with Crippen LogP contribution in [-0.2, 0) is 9.59 Å². The second-order valence-electron chi connectivity index (χ2n) is 4.51. The molecule has 1 fully saturated rings. The normalized spacial score (nSPS) is 18.9. The Labute approximate surface area is 113 Å². The van der Waals surface area contributed by atoms with Gasteiger partial charge in [0.15, 0.2) is 0 Å². The zero-order valence-electron chi connectivity index (χ0n) is 10.5. The highest BCUT2D eigenvalue weighted by Gasteiger charge is 2.47. The lowest BCUT2D eigenvalue weighted by Crippen LogP contribution is -2.48. The Kier molecular flexibility index (Phi) is 3.96. The zero-order valence-corrected chi connectivity index (χ0v) is 10.5. The number of nitrogens with zero attached hydrogens (tertiary/aromatic N) is 1. The molecule has 1 N–H and O–H groups in total. The molecule has 1 aliphatic rings. The molecular weight excluding hydrogens is 273 g/mol. The van der Waals surface area contributed by atoms with Gasteiger partial charge in [-0.2, -0.15) is 13.2 Å². The topological polar surface area (TPSA) is 49.4 Å². The lowest BCUT2D eigenvalue weighted by Gasteiger charge is -2.24. The first-order valence-corrected chi connectivity index (χ1v) is 6.13. The maximum atomic E-state index is 12.4. The molecule has 108 valence electrons. The summed E-state index contributed by atoms with van der Waals surface area (Å²) in [6.45, 7) is -0.0504. The summed E-state index contributed by atoms with van der Waals surface area (Å²) in [5, 5.41) is 2.52. The molecule has 0 aromatic heterocycles. The Hall–Kier alpha value is -2.05. The molecule has 0 saturated carbocycles. The Morgan fingerprint density at radius 3 is 2.45 bits per heavy atom. The highest BCUT2D eigenvalue weighted by atomic mass is 19.4. The number of benzene rings is 1. The van der Waals surface area contributed by atoms with Crippen molar-refractivity contribution < 1.29 is 22.8 Å². The number of nitrogens with one attached hydrogen (secondary N) is 1. The number of carbonyl (C=O) groups is 2. The highest BCUT2D eigenvalue weighted by Crippen LogP contribution is 2.26.